The van der Waals surface area contributed by atoms with E-state index in [0.717, 1.165) is 18.8 Å². The van der Waals surface area contributed by atoms with Crippen molar-refractivity contribution in [3.8, 4) is 0 Å². The lowest BCUT2D eigenvalue weighted by Crippen LogP contribution is -2.17. The summed E-state index contributed by atoms with van der Waals surface area (Å²) in [6.07, 6.45) is 5.19. The first kappa shape index (κ1) is 12.2. The van der Waals surface area contributed by atoms with E-state index in [1.54, 1.807) is 0 Å². The van der Waals surface area contributed by atoms with Crippen LogP contribution in [0.1, 0.15) is 36.8 Å². The minimum Gasteiger partial charge on any atom is -0.481 e. The van der Waals surface area contributed by atoms with Gasteiger partial charge in [-0.25, -0.2) is 0 Å². The fourth-order valence-corrected chi connectivity index (χ4v) is 2.26. The number of carboxylic acid groups (broad SMARTS) is 1. The average Bonchev–Trinajstić information content (AvgIpc) is 3.10. The molecular formula is C15H20O2. The molecule has 1 aromatic rings. The van der Waals surface area contributed by atoms with Crippen LogP contribution in [0.3, 0.4) is 0 Å². The zero-order chi connectivity index (χ0) is 12.3. The van der Waals surface area contributed by atoms with E-state index in [0.29, 0.717) is 6.42 Å². The fourth-order valence-electron chi connectivity index (χ4n) is 2.26. The first-order chi connectivity index (χ1) is 8.16. The van der Waals surface area contributed by atoms with Crippen LogP contribution in [-0.4, -0.2) is 11.1 Å². The van der Waals surface area contributed by atoms with Gasteiger partial charge in [0.25, 0.3) is 0 Å². The van der Waals surface area contributed by atoms with E-state index in [1.165, 1.54) is 24.0 Å². The Morgan fingerprint density at radius 2 is 2.12 bits per heavy atom. The lowest BCUT2D eigenvalue weighted by molar-refractivity contribution is -0.142. The molecule has 1 atom stereocenters. The maximum absolute atomic E-state index is 11.2. The summed E-state index contributed by atoms with van der Waals surface area (Å²) in [5.41, 5.74) is 2.38. The molecule has 1 aliphatic carbocycles. The van der Waals surface area contributed by atoms with Gasteiger partial charge in [-0.05, 0) is 43.2 Å². The van der Waals surface area contributed by atoms with E-state index in [1.807, 2.05) is 18.2 Å². The highest BCUT2D eigenvalue weighted by Gasteiger charge is 2.25. The van der Waals surface area contributed by atoms with Gasteiger partial charge in [0.05, 0.1) is 5.92 Å². The normalized spacial score (nSPS) is 16.8. The van der Waals surface area contributed by atoms with Crippen molar-refractivity contribution >= 4 is 5.97 Å². The summed E-state index contributed by atoms with van der Waals surface area (Å²) in [5, 5.41) is 9.26. The molecule has 1 fully saturated rings. The molecule has 1 saturated carbocycles. The number of rotatable bonds is 6. The zero-order valence-corrected chi connectivity index (χ0v) is 10.4. The number of benzene rings is 1. The smallest absolute Gasteiger partial charge is 0.306 e. The molecule has 2 rings (SSSR count). The largest absolute Gasteiger partial charge is 0.481 e. The monoisotopic (exact) mass is 232 g/mol. The van der Waals surface area contributed by atoms with Crippen LogP contribution in [0, 0.1) is 18.8 Å². The van der Waals surface area contributed by atoms with Gasteiger partial charge < -0.3 is 5.11 Å². The van der Waals surface area contributed by atoms with E-state index in [9.17, 15) is 9.90 Å². The van der Waals surface area contributed by atoms with E-state index in [2.05, 4.69) is 13.0 Å². The summed E-state index contributed by atoms with van der Waals surface area (Å²) in [5.74, 6) is -0.0423. The molecule has 2 heteroatoms. The summed E-state index contributed by atoms with van der Waals surface area (Å²) in [4.78, 5) is 11.2. The molecule has 0 bridgehead atoms. The second-order valence-corrected chi connectivity index (χ2v) is 5.19. The predicted molar refractivity (Wildman–Crippen MR) is 68.0 cm³/mol. The molecular weight excluding hydrogens is 212 g/mol. The molecule has 92 valence electrons. The lowest BCUT2D eigenvalue weighted by atomic mass is 9.92. The van der Waals surface area contributed by atoms with Crippen molar-refractivity contribution in [1.82, 2.24) is 0 Å². The molecule has 1 aromatic carbocycles. The van der Waals surface area contributed by atoms with Gasteiger partial charge >= 0.3 is 5.97 Å². The van der Waals surface area contributed by atoms with Gasteiger partial charge in [0.2, 0.25) is 0 Å². The third-order valence-corrected chi connectivity index (χ3v) is 3.70. The Morgan fingerprint density at radius 3 is 2.71 bits per heavy atom. The van der Waals surface area contributed by atoms with Gasteiger partial charge in [0.15, 0.2) is 0 Å². The van der Waals surface area contributed by atoms with Crippen molar-refractivity contribution in [3.05, 3.63) is 35.4 Å². The van der Waals surface area contributed by atoms with Gasteiger partial charge in [-0.15, -0.1) is 0 Å². The van der Waals surface area contributed by atoms with Gasteiger partial charge in [-0.3, -0.25) is 4.79 Å². The minimum absolute atomic E-state index is 0.211. The molecule has 1 unspecified atom stereocenters. The Labute approximate surface area is 103 Å². The van der Waals surface area contributed by atoms with Crippen LogP contribution in [0.25, 0.3) is 0 Å². The zero-order valence-electron chi connectivity index (χ0n) is 10.4. The summed E-state index contributed by atoms with van der Waals surface area (Å²) < 4.78 is 0. The third-order valence-electron chi connectivity index (χ3n) is 3.70. The Kier molecular flexibility index (Phi) is 3.82. The summed E-state index contributed by atoms with van der Waals surface area (Å²) in [7, 11) is 0. The van der Waals surface area contributed by atoms with Crippen LogP contribution in [-0.2, 0) is 11.2 Å². The van der Waals surface area contributed by atoms with Crippen molar-refractivity contribution in [1.29, 1.82) is 0 Å². The maximum Gasteiger partial charge on any atom is 0.306 e. The molecule has 2 nitrogen and oxygen atoms in total. The number of carboxylic acids is 1. The molecule has 0 spiro atoms. The minimum atomic E-state index is -0.645. The second kappa shape index (κ2) is 5.35. The van der Waals surface area contributed by atoms with Crippen LogP contribution in [0.4, 0.5) is 0 Å². The topological polar surface area (TPSA) is 37.3 Å². The molecule has 0 saturated heterocycles. The van der Waals surface area contributed by atoms with Crippen LogP contribution < -0.4 is 0 Å². The van der Waals surface area contributed by atoms with Gasteiger partial charge in [0, 0.05) is 0 Å². The lowest BCUT2D eigenvalue weighted by Gasteiger charge is -2.13. The number of hydrogen-bond acceptors (Lipinski definition) is 1. The van der Waals surface area contributed by atoms with Crippen LogP contribution >= 0.6 is 0 Å². The quantitative estimate of drug-likeness (QED) is 0.816. The van der Waals surface area contributed by atoms with Crippen LogP contribution in [0.2, 0.25) is 0 Å². The van der Waals surface area contributed by atoms with Gasteiger partial charge in [-0.1, -0.05) is 37.1 Å². The van der Waals surface area contributed by atoms with Crippen molar-refractivity contribution in [2.24, 2.45) is 11.8 Å². The van der Waals surface area contributed by atoms with Crippen molar-refractivity contribution < 1.29 is 9.90 Å². The Morgan fingerprint density at radius 1 is 1.41 bits per heavy atom. The SMILES string of the molecule is Cc1ccccc1CC(CCC1CC1)C(=O)O. The number of aliphatic carboxylic acids is 1. The van der Waals surface area contributed by atoms with E-state index in [4.69, 9.17) is 0 Å². The van der Waals surface area contributed by atoms with Crippen molar-refractivity contribution in [3.63, 3.8) is 0 Å². The Hall–Kier alpha value is -1.31. The standard InChI is InChI=1S/C15H20O2/c1-11-4-2-3-5-13(11)10-14(15(16)17)9-8-12-6-7-12/h2-5,12,14H,6-10H2,1H3,(H,16,17). The third kappa shape index (κ3) is 3.58. The first-order valence-corrected chi connectivity index (χ1v) is 6.44. The van der Waals surface area contributed by atoms with Crippen LogP contribution in [0.15, 0.2) is 24.3 Å². The molecule has 0 aromatic heterocycles. The second-order valence-electron chi connectivity index (χ2n) is 5.19. The van der Waals surface area contributed by atoms with E-state index >= 15 is 0 Å². The van der Waals surface area contributed by atoms with E-state index in [-0.39, 0.29) is 5.92 Å². The summed E-state index contributed by atoms with van der Waals surface area (Å²) >= 11 is 0. The summed E-state index contributed by atoms with van der Waals surface area (Å²) in [6, 6.07) is 8.08. The van der Waals surface area contributed by atoms with Gasteiger partial charge in [0.1, 0.15) is 0 Å². The van der Waals surface area contributed by atoms with Gasteiger partial charge in [-0.2, -0.15) is 0 Å². The fraction of sp³-hybridized carbons (Fsp3) is 0.533. The molecule has 0 amide bonds. The molecule has 0 aliphatic heterocycles. The highest BCUT2D eigenvalue weighted by molar-refractivity contribution is 5.70. The summed E-state index contributed by atoms with van der Waals surface area (Å²) in [6.45, 7) is 2.05. The van der Waals surface area contributed by atoms with Crippen LogP contribution in [0.5, 0.6) is 0 Å². The number of carbonyl (C=O) groups is 1. The number of hydrogen-bond donors (Lipinski definition) is 1. The molecule has 1 aliphatic rings. The molecule has 0 radical (unpaired) electrons. The average molecular weight is 232 g/mol. The van der Waals surface area contributed by atoms with Crippen molar-refractivity contribution in [2.45, 2.75) is 39.0 Å². The van der Waals surface area contributed by atoms with E-state index < -0.39 is 5.97 Å². The highest BCUT2D eigenvalue weighted by atomic mass is 16.4. The maximum atomic E-state index is 11.2. The highest BCUT2D eigenvalue weighted by Crippen LogP contribution is 2.35. The number of aryl methyl sites for hydroxylation is 1. The Bertz CT molecular complexity index is 394. The first-order valence-electron chi connectivity index (χ1n) is 6.44. The molecule has 1 N–H and O–H groups in total. The molecule has 17 heavy (non-hydrogen) atoms. The Balaban J connectivity index is 1.96. The molecule has 0 heterocycles. The predicted octanol–water partition coefficient (Wildman–Crippen LogP) is 3.43. The van der Waals surface area contributed by atoms with Crippen molar-refractivity contribution in [2.75, 3.05) is 0 Å².